The van der Waals surface area contributed by atoms with Gasteiger partial charge in [-0.05, 0) is 47.3 Å². The number of aromatic nitrogens is 1. The van der Waals surface area contributed by atoms with E-state index in [0.717, 1.165) is 28.6 Å². The molecule has 4 rings (SSSR count). The van der Waals surface area contributed by atoms with Crippen LogP contribution in [0.15, 0.2) is 72.2 Å². The Balaban J connectivity index is 1.43. The third-order valence-corrected chi connectivity index (χ3v) is 5.50. The van der Waals surface area contributed by atoms with Crippen molar-refractivity contribution in [3.8, 4) is 0 Å². The number of anilines is 2. The van der Waals surface area contributed by atoms with Crippen molar-refractivity contribution in [2.45, 2.75) is 12.7 Å². The molecular formula is C22H17F3N4OS. The molecule has 4 aromatic rings. The topological polar surface area (TPSA) is 66.1 Å². The van der Waals surface area contributed by atoms with Crippen LogP contribution in [0.3, 0.4) is 0 Å². The monoisotopic (exact) mass is 442 g/mol. The van der Waals surface area contributed by atoms with Gasteiger partial charge in [-0.3, -0.25) is 20.6 Å². The van der Waals surface area contributed by atoms with Crippen LogP contribution in [0.1, 0.15) is 20.8 Å². The summed E-state index contributed by atoms with van der Waals surface area (Å²) in [5.74, 6) is -0.450. The molecule has 0 spiro atoms. The van der Waals surface area contributed by atoms with Gasteiger partial charge < -0.3 is 5.32 Å². The molecule has 0 radical (unpaired) electrons. The summed E-state index contributed by atoms with van der Waals surface area (Å²) >= 11 is 1.23. The first-order chi connectivity index (χ1) is 14.9. The van der Waals surface area contributed by atoms with E-state index in [1.165, 1.54) is 23.5 Å². The number of nitrogens with one attached hydrogen (secondary N) is 3. The number of halogens is 3. The normalized spacial score (nSPS) is 11.3. The summed E-state index contributed by atoms with van der Waals surface area (Å²) < 4.78 is 38.5. The highest BCUT2D eigenvalue weighted by Crippen LogP contribution is 2.30. The fourth-order valence-electron chi connectivity index (χ4n) is 3.08. The summed E-state index contributed by atoms with van der Waals surface area (Å²) in [7, 11) is 0. The van der Waals surface area contributed by atoms with Crippen LogP contribution < -0.4 is 16.2 Å². The molecule has 3 N–H and O–H groups in total. The van der Waals surface area contributed by atoms with Crippen LogP contribution in [0.4, 0.5) is 24.5 Å². The van der Waals surface area contributed by atoms with Crippen molar-refractivity contribution in [3.63, 3.8) is 0 Å². The van der Waals surface area contributed by atoms with Gasteiger partial charge in [-0.1, -0.05) is 24.3 Å². The van der Waals surface area contributed by atoms with Crippen LogP contribution in [0, 0.1) is 0 Å². The Morgan fingerprint density at radius 3 is 2.71 bits per heavy atom. The number of fused-ring (bicyclic) bond motifs is 1. The molecule has 5 nitrogen and oxygen atoms in total. The molecule has 2 aromatic carbocycles. The average molecular weight is 442 g/mol. The summed E-state index contributed by atoms with van der Waals surface area (Å²) in [5, 5.41) is 6.04. The van der Waals surface area contributed by atoms with E-state index >= 15 is 0 Å². The van der Waals surface area contributed by atoms with Crippen LogP contribution in [0.2, 0.25) is 0 Å². The molecule has 0 bridgehead atoms. The van der Waals surface area contributed by atoms with E-state index in [1.807, 2.05) is 30.3 Å². The van der Waals surface area contributed by atoms with E-state index in [4.69, 9.17) is 0 Å². The molecule has 0 aliphatic carbocycles. The van der Waals surface area contributed by atoms with Gasteiger partial charge in [0.2, 0.25) is 0 Å². The van der Waals surface area contributed by atoms with Crippen molar-refractivity contribution < 1.29 is 18.0 Å². The largest absolute Gasteiger partial charge is 0.416 e. The van der Waals surface area contributed by atoms with Crippen molar-refractivity contribution in [1.29, 1.82) is 0 Å². The smallest absolute Gasteiger partial charge is 0.380 e. The van der Waals surface area contributed by atoms with Crippen LogP contribution in [-0.2, 0) is 12.7 Å². The van der Waals surface area contributed by atoms with Crippen LogP contribution in [0.5, 0.6) is 0 Å². The Morgan fingerprint density at radius 1 is 1.03 bits per heavy atom. The second-order valence-corrected chi connectivity index (χ2v) is 7.58. The Bertz CT molecular complexity index is 1220. The molecule has 0 atom stereocenters. The highest BCUT2D eigenvalue weighted by molar-refractivity contribution is 7.12. The first-order valence-electron chi connectivity index (χ1n) is 9.29. The van der Waals surface area contributed by atoms with Gasteiger partial charge in [0.05, 0.1) is 22.5 Å². The number of rotatable bonds is 6. The zero-order valence-electron chi connectivity index (χ0n) is 16.0. The molecule has 0 aliphatic heterocycles. The van der Waals surface area contributed by atoms with Crippen LogP contribution in [0.25, 0.3) is 10.9 Å². The van der Waals surface area contributed by atoms with E-state index in [1.54, 1.807) is 17.6 Å². The number of amides is 1. The summed E-state index contributed by atoms with van der Waals surface area (Å²) in [6, 6.07) is 16.1. The maximum atomic E-state index is 12.8. The fraction of sp³-hybridized carbons (Fsp3) is 0.0909. The molecule has 9 heteroatoms. The Kier molecular flexibility index (Phi) is 5.77. The SMILES string of the molecule is O=C(NNc1cccc(C(F)(F)F)c1)c1sccc1NCc1ccnc2ccccc12. The van der Waals surface area contributed by atoms with Crippen molar-refractivity contribution >= 4 is 39.5 Å². The molecule has 0 saturated heterocycles. The molecule has 1 amide bonds. The van der Waals surface area contributed by atoms with Crippen LogP contribution in [-0.4, -0.2) is 10.9 Å². The number of nitrogens with zero attached hydrogens (tertiary/aromatic N) is 1. The minimum atomic E-state index is -4.45. The van der Waals surface area contributed by atoms with Gasteiger partial charge >= 0.3 is 6.18 Å². The summed E-state index contributed by atoms with van der Waals surface area (Å²) in [5.41, 5.74) is 6.88. The summed E-state index contributed by atoms with van der Waals surface area (Å²) in [6.45, 7) is 0.487. The Hall–Kier alpha value is -3.59. The molecule has 2 aromatic heterocycles. The molecule has 0 saturated carbocycles. The highest BCUT2D eigenvalue weighted by atomic mass is 32.1. The van der Waals surface area contributed by atoms with Gasteiger partial charge in [-0.15, -0.1) is 11.3 Å². The molecular weight excluding hydrogens is 425 g/mol. The quantitative estimate of drug-likeness (QED) is 0.336. The zero-order chi connectivity index (χ0) is 21.8. The average Bonchev–Trinajstić information content (AvgIpc) is 3.24. The van der Waals surface area contributed by atoms with E-state index in [-0.39, 0.29) is 5.69 Å². The predicted octanol–water partition coefficient (Wildman–Crippen LogP) is 5.68. The number of hydrogen-bond donors (Lipinski definition) is 3. The van der Waals surface area contributed by atoms with E-state index in [0.29, 0.717) is 17.1 Å². The van der Waals surface area contributed by atoms with E-state index < -0.39 is 17.6 Å². The molecule has 0 aliphatic rings. The number of alkyl halides is 3. The van der Waals surface area contributed by atoms with Gasteiger partial charge in [-0.2, -0.15) is 13.2 Å². The highest BCUT2D eigenvalue weighted by Gasteiger charge is 2.30. The fourth-order valence-corrected chi connectivity index (χ4v) is 3.85. The van der Waals surface area contributed by atoms with Gasteiger partial charge in [0.1, 0.15) is 4.88 Å². The molecule has 158 valence electrons. The first kappa shape index (κ1) is 20.7. The summed E-state index contributed by atoms with van der Waals surface area (Å²) in [4.78, 5) is 17.3. The minimum absolute atomic E-state index is 0.137. The molecule has 0 unspecified atom stereocenters. The zero-order valence-corrected chi connectivity index (χ0v) is 16.8. The molecule has 0 fully saturated rings. The lowest BCUT2D eigenvalue weighted by Crippen LogP contribution is -2.29. The Morgan fingerprint density at radius 2 is 1.87 bits per heavy atom. The molecule has 31 heavy (non-hydrogen) atoms. The van der Waals surface area contributed by atoms with Crippen molar-refractivity contribution in [2.24, 2.45) is 0 Å². The standard InChI is InChI=1S/C22H17F3N4OS/c23-22(24,25)15-4-3-5-16(12-15)28-29-21(30)20-19(9-11-31-20)27-13-14-8-10-26-18-7-2-1-6-17(14)18/h1-12,27-28H,13H2,(H,29,30). The predicted molar refractivity (Wildman–Crippen MR) is 116 cm³/mol. The number of hydrogen-bond acceptors (Lipinski definition) is 5. The van der Waals surface area contributed by atoms with Crippen molar-refractivity contribution in [3.05, 3.63) is 88.2 Å². The second kappa shape index (κ2) is 8.65. The number of thiophene rings is 1. The van der Waals surface area contributed by atoms with Gasteiger partial charge in [0, 0.05) is 18.1 Å². The lowest BCUT2D eigenvalue weighted by molar-refractivity contribution is -0.137. The minimum Gasteiger partial charge on any atom is -0.380 e. The van der Waals surface area contributed by atoms with Gasteiger partial charge in [0.15, 0.2) is 0 Å². The lowest BCUT2D eigenvalue weighted by atomic mass is 10.1. The number of pyridine rings is 1. The second-order valence-electron chi connectivity index (χ2n) is 6.66. The third kappa shape index (κ3) is 4.77. The number of para-hydroxylation sites is 1. The van der Waals surface area contributed by atoms with Crippen molar-refractivity contribution in [1.82, 2.24) is 10.4 Å². The van der Waals surface area contributed by atoms with E-state index in [9.17, 15) is 18.0 Å². The number of benzene rings is 2. The number of carbonyl (C=O) groups excluding carboxylic acids is 1. The maximum absolute atomic E-state index is 12.8. The lowest BCUT2D eigenvalue weighted by Gasteiger charge is -2.12. The van der Waals surface area contributed by atoms with Crippen molar-refractivity contribution in [2.75, 3.05) is 10.7 Å². The Labute approximate surface area is 179 Å². The van der Waals surface area contributed by atoms with E-state index in [2.05, 4.69) is 21.2 Å². The summed E-state index contributed by atoms with van der Waals surface area (Å²) in [6.07, 6.45) is -2.72. The van der Waals surface area contributed by atoms with Crippen LogP contribution >= 0.6 is 11.3 Å². The van der Waals surface area contributed by atoms with Gasteiger partial charge in [0.25, 0.3) is 5.91 Å². The number of hydrazine groups is 1. The van der Waals surface area contributed by atoms with Gasteiger partial charge in [-0.25, -0.2) is 0 Å². The number of carbonyl (C=O) groups is 1. The molecule has 2 heterocycles. The first-order valence-corrected chi connectivity index (χ1v) is 10.2. The maximum Gasteiger partial charge on any atom is 0.416 e. The third-order valence-electron chi connectivity index (χ3n) is 4.59.